The van der Waals surface area contributed by atoms with Crippen LogP contribution in [0.3, 0.4) is 0 Å². The van der Waals surface area contributed by atoms with Gasteiger partial charge in [0.05, 0.1) is 11.0 Å². The number of aryl methyl sites for hydroxylation is 2. The van der Waals surface area contributed by atoms with Crippen molar-refractivity contribution in [2.75, 3.05) is 11.9 Å². The molecule has 0 atom stereocenters. The van der Waals surface area contributed by atoms with Crippen molar-refractivity contribution in [2.24, 2.45) is 0 Å². The molecular formula is C33H35N3. The lowest BCUT2D eigenvalue weighted by atomic mass is 9.99. The Morgan fingerprint density at radius 1 is 0.778 bits per heavy atom. The van der Waals surface area contributed by atoms with E-state index in [-0.39, 0.29) is 0 Å². The fourth-order valence-electron chi connectivity index (χ4n) is 4.85. The standard InChI is InChI=1S/C33H35N3/c1-3-4-14-33-35-31-20-19-29(34-22-21-26-11-6-5-7-12-26)23-32(31)36(33)24-27-15-17-28(18-16-27)30-13-9-8-10-25(30)2/h5-13,15-20,23,34H,3-4,14,21-22,24H2,1-2H3. The maximum absolute atomic E-state index is 5.03. The van der Waals surface area contributed by atoms with E-state index in [1.165, 1.54) is 45.6 Å². The smallest absolute Gasteiger partial charge is 0.110 e. The number of nitrogens with one attached hydrogen (secondary N) is 1. The fourth-order valence-corrected chi connectivity index (χ4v) is 4.85. The van der Waals surface area contributed by atoms with E-state index >= 15 is 0 Å². The molecule has 0 aliphatic carbocycles. The molecule has 4 aromatic carbocycles. The summed E-state index contributed by atoms with van der Waals surface area (Å²) in [4.78, 5) is 5.03. The number of fused-ring (bicyclic) bond motifs is 1. The lowest BCUT2D eigenvalue weighted by molar-refractivity contribution is 0.690. The van der Waals surface area contributed by atoms with Gasteiger partial charge in [0.15, 0.2) is 0 Å². The lowest BCUT2D eigenvalue weighted by Crippen LogP contribution is -2.07. The van der Waals surface area contributed by atoms with Crippen molar-refractivity contribution < 1.29 is 0 Å². The molecule has 182 valence electrons. The van der Waals surface area contributed by atoms with Gasteiger partial charge in [-0.3, -0.25) is 0 Å². The summed E-state index contributed by atoms with van der Waals surface area (Å²) in [5, 5.41) is 3.62. The molecule has 0 saturated carbocycles. The van der Waals surface area contributed by atoms with Crippen LogP contribution in [-0.2, 0) is 19.4 Å². The second kappa shape index (κ2) is 11.3. The zero-order valence-electron chi connectivity index (χ0n) is 21.4. The number of unbranched alkanes of at least 4 members (excludes halogenated alkanes) is 1. The monoisotopic (exact) mass is 473 g/mol. The normalized spacial score (nSPS) is 11.2. The number of nitrogens with zero attached hydrogens (tertiary/aromatic N) is 2. The van der Waals surface area contributed by atoms with E-state index in [0.29, 0.717) is 0 Å². The molecule has 0 bridgehead atoms. The molecule has 0 unspecified atom stereocenters. The topological polar surface area (TPSA) is 29.9 Å². The second-order valence-electron chi connectivity index (χ2n) is 9.60. The summed E-state index contributed by atoms with van der Waals surface area (Å²) in [5.74, 6) is 1.18. The molecule has 36 heavy (non-hydrogen) atoms. The lowest BCUT2D eigenvalue weighted by Gasteiger charge is -2.12. The molecule has 5 rings (SSSR count). The van der Waals surface area contributed by atoms with Crippen LogP contribution in [0.2, 0.25) is 0 Å². The van der Waals surface area contributed by atoms with Crippen molar-refractivity contribution in [1.29, 1.82) is 0 Å². The van der Waals surface area contributed by atoms with Crippen molar-refractivity contribution in [3.05, 3.63) is 120 Å². The zero-order valence-corrected chi connectivity index (χ0v) is 21.4. The predicted molar refractivity (Wildman–Crippen MR) is 153 cm³/mol. The van der Waals surface area contributed by atoms with Crippen LogP contribution in [0.25, 0.3) is 22.2 Å². The van der Waals surface area contributed by atoms with Crippen molar-refractivity contribution in [3.8, 4) is 11.1 Å². The molecule has 5 aromatic rings. The molecular weight excluding hydrogens is 438 g/mol. The molecule has 0 fully saturated rings. The van der Waals surface area contributed by atoms with Crippen LogP contribution in [0, 0.1) is 6.92 Å². The van der Waals surface area contributed by atoms with Gasteiger partial charge in [-0.05, 0) is 65.8 Å². The van der Waals surface area contributed by atoms with Crippen LogP contribution >= 0.6 is 0 Å². The Balaban J connectivity index is 1.38. The van der Waals surface area contributed by atoms with E-state index < -0.39 is 0 Å². The SMILES string of the molecule is CCCCc1nc2ccc(NCCc3ccccc3)cc2n1Cc1ccc(-c2ccccc2C)cc1. The largest absolute Gasteiger partial charge is 0.385 e. The maximum atomic E-state index is 5.03. The highest BCUT2D eigenvalue weighted by Crippen LogP contribution is 2.26. The van der Waals surface area contributed by atoms with Crippen molar-refractivity contribution in [3.63, 3.8) is 0 Å². The van der Waals surface area contributed by atoms with Crippen LogP contribution in [0.15, 0.2) is 97.1 Å². The van der Waals surface area contributed by atoms with E-state index in [9.17, 15) is 0 Å². The summed E-state index contributed by atoms with van der Waals surface area (Å²) >= 11 is 0. The van der Waals surface area contributed by atoms with Gasteiger partial charge in [0, 0.05) is 25.2 Å². The first kappa shape index (κ1) is 23.9. The molecule has 0 spiro atoms. The van der Waals surface area contributed by atoms with Gasteiger partial charge in [0.25, 0.3) is 0 Å². The Morgan fingerprint density at radius 2 is 1.56 bits per heavy atom. The van der Waals surface area contributed by atoms with Gasteiger partial charge >= 0.3 is 0 Å². The Labute approximate surface area is 214 Å². The third-order valence-corrected chi connectivity index (χ3v) is 6.92. The minimum absolute atomic E-state index is 0.830. The van der Waals surface area contributed by atoms with Crippen LogP contribution in [-0.4, -0.2) is 16.1 Å². The highest BCUT2D eigenvalue weighted by molar-refractivity contribution is 5.80. The maximum Gasteiger partial charge on any atom is 0.110 e. The summed E-state index contributed by atoms with van der Waals surface area (Å²) in [6.45, 7) is 6.15. The van der Waals surface area contributed by atoms with E-state index in [0.717, 1.165) is 43.6 Å². The highest BCUT2D eigenvalue weighted by Gasteiger charge is 2.12. The molecule has 0 amide bonds. The minimum atomic E-state index is 0.830. The van der Waals surface area contributed by atoms with Crippen LogP contribution < -0.4 is 5.32 Å². The molecule has 0 saturated heterocycles. The molecule has 0 radical (unpaired) electrons. The first-order valence-corrected chi connectivity index (χ1v) is 13.1. The summed E-state index contributed by atoms with van der Waals surface area (Å²) < 4.78 is 2.41. The second-order valence-corrected chi connectivity index (χ2v) is 9.60. The number of rotatable bonds is 10. The van der Waals surface area contributed by atoms with E-state index in [1.807, 2.05) is 0 Å². The Kier molecular flexibility index (Phi) is 7.47. The Hall–Kier alpha value is -3.85. The quantitative estimate of drug-likeness (QED) is 0.222. The molecule has 3 heteroatoms. The third-order valence-electron chi connectivity index (χ3n) is 6.92. The van der Waals surface area contributed by atoms with Gasteiger partial charge in [-0.1, -0.05) is 92.2 Å². The van der Waals surface area contributed by atoms with Gasteiger partial charge in [0.2, 0.25) is 0 Å². The summed E-state index contributed by atoms with van der Waals surface area (Å²) in [7, 11) is 0. The first-order chi connectivity index (χ1) is 17.7. The number of benzene rings is 4. The predicted octanol–water partition coefficient (Wildman–Crippen LogP) is 8.06. The molecule has 0 aliphatic heterocycles. The first-order valence-electron chi connectivity index (χ1n) is 13.1. The van der Waals surface area contributed by atoms with Gasteiger partial charge in [0.1, 0.15) is 5.82 Å². The Bertz CT molecular complexity index is 1420. The number of hydrogen-bond donors (Lipinski definition) is 1. The molecule has 1 aromatic heterocycles. The average Bonchev–Trinajstić information content (AvgIpc) is 3.25. The van der Waals surface area contributed by atoms with E-state index in [1.54, 1.807) is 0 Å². The van der Waals surface area contributed by atoms with Crippen LogP contribution in [0.5, 0.6) is 0 Å². The molecule has 1 N–H and O–H groups in total. The number of hydrogen-bond acceptors (Lipinski definition) is 2. The van der Waals surface area contributed by atoms with Crippen LogP contribution in [0.4, 0.5) is 5.69 Å². The van der Waals surface area contributed by atoms with Gasteiger partial charge in [-0.2, -0.15) is 0 Å². The Morgan fingerprint density at radius 3 is 2.33 bits per heavy atom. The van der Waals surface area contributed by atoms with Gasteiger partial charge in [-0.15, -0.1) is 0 Å². The molecule has 0 aliphatic rings. The highest BCUT2D eigenvalue weighted by atomic mass is 15.1. The fraction of sp³-hybridized carbons (Fsp3) is 0.242. The van der Waals surface area contributed by atoms with Gasteiger partial charge in [-0.25, -0.2) is 4.98 Å². The van der Waals surface area contributed by atoms with Gasteiger partial charge < -0.3 is 9.88 Å². The number of imidazole rings is 1. The van der Waals surface area contributed by atoms with Crippen molar-refractivity contribution in [2.45, 2.75) is 46.1 Å². The zero-order chi connectivity index (χ0) is 24.7. The third kappa shape index (κ3) is 5.52. The number of anilines is 1. The van der Waals surface area contributed by atoms with Crippen molar-refractivity contribution >= 4 is 16.7 Å². The van der Waals surface area contributed by atoms with Crippen LogP contribution in [0.1, 0.15) is 42.3 Å². The van der Waals surface area contributed by atoms with E-state index in [2.05, 4.69) is 121 Å². The van der Waals surface area contributed by atoms with E-state index in [4.69, 9.17) is 4.98 Å². The minimum Gasteiger partial charge on any atom is -0.385 e. The summed E-state index contributed by atoms with van der Waals surface area (Å²) in [6.07, 6.45) is 4.33. The van der Waals surface area contributed by atoms with Crippen molar-refractivity contribution in [1.82, 2.24) is 9.55 Å². The molecule has 3 nitrogen and oxygen atoms in total. The average molecular weight is 474 g/mol. The summed E-state index contributed by atoms with van der Waals surface area (Å²) in [5.41, 5.74) is 9.95. The molecule has 1 heterocycles. The summed E-state index contributed by atoms with van der Waals surface area (Å²) in [6, 6.07) is 34.8. The number of aromatic nitrogens is 2.